The summed E-state index contributed by atoms with van der Waals surface area (Å²) in [7, 11) is -8.49. The topological polar surface area (TPSA) is 64.3 Å². The first-order valence-electron chi connectivity index (χ1n) is 11.8. The van der Waals surface area contributed by atoms with Crippen LogP contribution in [-0.2, 0) is 4.74 Å². The predicted octanol–water partition coefficient (Wildman–Crippen LogP) is 7.02. The monoisotopic (exact) mass is 571 g/mol. The SMILES string of the molecule is COc1cc(C=C2OCCN3C2=NC(C)(C)N3c2ccc(OS(F)(F)(F)(F)F)cc2)ccc1-n1cnc(C)c1. The van der Waals surface area contributed by atoms with E-state index in [-0.39, 0.29) is 0 Å². The fourth-order valence-electron chi connectivity index (χ4n) is 4.54. The molecule has 39 heavy (non-hydrogen) atoms. The van der Waals surface area contributed by atoms with Crippen molar-refractivity contribution in [2.75, 3.05) is 25.3 Å². The minimum atomic E-state index is -10.1. The quantitative estimate of drug-likeness (QED) is 0.296. The maximum atomic E-state index is 12.7. The summed E-state index contributed by atoms with van der Waals surface area (Å²) < 4.78 is 80.2. The molecule has 0 N–H and O–H groups in total. The maximum absolute atomic E-state index is 12.7. The zero-order valence-electron chi connectivity index (χ0n) is 21.4. The van der Waals surface area contributed by atoms with Gasteiger partial charge in [-0.25, -0.2) is 9.98 Å². The molecule has 2 aromatic carbocycles. The van der Waals surface area contributed by atoms with Gasteiger partial charge in [-0.2, -0.15) is 0 Å². The van der Waals surface area contributed by atoms with Gasteiger partial charge in [0, 0.05) is 6.20 Å². The van der Waals surface area contributed by atoms with Crippen LogP contribution in [0.5, 0.6) is 11.5 Å². The van der Waals surface area contributed by atoms with Crippen LogP contribution in [0.2, 0.25) is 0 Å². The van der Waals surface area contributed by atoms with E-state index < -0.39 is 21.9 Å². The lowest BCUT2D eigenvalue weighted by molar-refractivity contribution is 0.164. The van der Waals surface area contributed by atoms with Crippen molar-refractivity contribution in [3.63, 3.8) is 0 Å². The fraction of sp³-hybridized carbons (Fsp3) is 0.280. The van der Waals surface area contributed by atoms with Gasteiger partial charge in [0.25, 0.3) is 0 Å². The Morgan fingerprint density at radius 1 is 1.05 bits per heavy atom. The summed E-state index contributed by atoms with van der Waals surface area (Å²) in [6, 6.07) is 9.92. The molecule has 1 fully saturated rings. The molecule has 0 spiro atoms. The number of anilines is 1. The highest BCUT2D eigenvalue weighted by Gasteiger charge is 2.67. The van der Waals surface area contributed by atoms with Crippen molar-refractivity contribution < 1.29 is 33.1 Å². The highest BCUT2D eigenvalue weighted by atomic mass is 32.5. The van der Waals surface area contributed by atoms with Crippen LogP contribution in [0.3, 0.4) is 0 Å². The van der Waals surface area contributed by atoms with Crippen LogP contribution >= 0.6 is 10.5 Å². The first kappa shape index (κ1) is 26.7. The number of hydrazine groups is 1. The Kier molecular flexibility index (Phi) is 5.66. The maximum Gasteiger partial charge on any atom is 0.435 e. The number of halogens is 5. The van der Waals surface area contributed by atoms with Crippen molar-refractivity contribution in [3.8, 4) is 17.2 Å². The number of aliphatic imine (C=N–C) groups is 1. The van der Waals surface area contributed by atoms with Crippen LogP contribution in [0.1, 0.15) is 25.1 Å². The lowest BCUT2D eigenvalue weighted by Gasteiger charge is -2.41. The number of methoxy groups -OCH3 is 1. The number of hydrogen-bond donors (Lipinski definition) is 0. The molecule has 3 aromatic rings. The number of amidine groups is 1. The Labute approximate surface area is 221 Å². The average molecular weight is 572 g/mol. The fourth-order valence-corrected chi connectivity index (χ4v) is 5.01. The van der Waals surface area contributed by atoms with Gasteiger partial charge >= 0.3 is 10.5 Å². The predicted molar refractivity (Wildman–Crippen MR) is 140 cm³/mol. The van der Waals surface area contributed by atoms with Crippen molar-refractivity contribution in [2.24, 2.45) is 4.99 Å². The van der Waals surface area contributed by atoms with E-state index in [1.165, 1.54) is 12.1 Å². The van der Waals surface area contributed by atoms with E-state index in [4.69, 9.17) is 14.5 Å². The van der Waals surface area contributed by atoms with Crippen LogP contribution in [0.15, 0.2) is 65.7 Å². The summed E-state index contributed by atoms with van der Waals surface area (Å²) in [5.41, 5.74) is 2.06. The molecule has 0 aliphatic carbocycles. The van der Waals surface area contributed by atoms with Gasteiger partial charge < -0.3 is 18.2 Å². The highest BCUT2D eigenvalue weighted by molar-refractivity contribution is 8.42. The van der Waals surface area contributed by atoms with Crippen molar-refractivity contribution >= 4 is 28.1 Å². The second kappa shape index (κ2) is 8.28. The van der Waals surface area contributed by atoms with Crippen LogP contribution < -0.4 is 13.9 Å². The molecular formula is C25H26F5N5O3S. The Morgan fingerprint density at radius 3 is 2.38 bits per heavy atom. The van der Waals surface area contributed by atoms with E-state index in [0.717, 1.165) is 29.1 Å². The summed E-state index contributed by atoms with van der Waals surface area (Å²) >= 11 is 0. The molecule has 0 amide bonds. The molecule has 0 radical (unpaired) electrons. The summed E-state index contributed by atoms with van der Waals surface area (Å²) in [4.78, 5) is 9.05. The molecule has 2 aliphatic heterocycles. The van der Waals surface area contributed by atoms with E-state index in [0.29, 0.717) is 36.2 Å². The van der Waals surface area contributed by atoms with Gasteiger partial charge in [0.15, 0.2) is 11.6 Å². The standard InChI is InChI=1S/C25H26F5N5O3S/c1-17-15-33(16-31-17)21-10-5-18(13-22(21)36-4)14-23-24-32-25(2,3)35(34(24)11-12-37-23)19-6-8-20(9-7-19)38-39(26,27,28,29)30/h5-10,13-16H,11-12H2,1-4H3. The third kappa shape index (κ3) is 5.75. The molecule has 0 unspecified atom stereocenters. The smallest absolute Gasteiger partial charge is 0.435 e. The zero-order chi connectivity index (χ0) is 28.3. The minimum absolute atomic E-state index is 0.312. The van der Waals surface area contributed by atoms with Crippen LogP contribution in [-0.4, -0.2) is 46.3 Å². The number of fused-ring (bicyclic) bond motifs is 1. The molecule has 8 nitrogen and oxygen atoms in total. The first-order valence-corrected chi connectivity index (χ1v) is 13.7. The first-order chi connectivity index (χ1) is 18.0. The second-order valence-electron chi connectivity index (χ2n) is 9.55. The Morgan fingerprint density at radius 2 is 1.77 bits per heavy atom. The summed E-state index contributed by atoms with van der Waals surface area (Å²) in [5, 5.41) is 3.61. The molecule has 0 bridgehead atoms. The van der Waals surface area contributed by atoms with Gasteiger partial charge in [-0.1, -0.05) is 25.5 Å². The molecule has 210 valence electrons. The number of imidazole rings is 1. The molecule has 3 heterocycles. The van der Waals surface area contributed by atoms with Crippen molar-refractivity contribution in [3.05, 3.63) is 72.0 Å². The molecule has 14 heteroatoms. The third-order valence-electron chi connectivity index (χ3n) is 5.99. The lowest BCUT2D eigenvalue weighted by Crippen LogP contribution is -2.52. The number of aryl methyl sites for hydroxylation is 1. The van der Waals surface area contributed by atoms with E-state index in [2.05, 4.69) is 9.17 Å². The molecule has 0 saturated carbocycles. The highest BCUT2D eigenvalue weighted by Crippen LogP contribution is 2.97. The normalized spacial score (nSPS) is 19.6. The van der Waals surface area contributed by atoms with E-state index >= 15 is 0 Å². The number of nitrogens with zero attached hydrogens (tertiary/aromatic N) is 5. The van der Waals surface area contributed by atoms with Gasteiger partial charge in [-0.3, -0.25) is 10.0 Å². The number of rotatable bonds is 6. The van der Waals surface area contributed by atoms with Gasteiger partial charge in [0.1, 0.15) is 23.8 Å². The minimum Gasteiger partial charge on any atom is -0.495 e. The van der Waals surface area contributed by atoms with Crippen molar-refractivity contribution in [1.82, 2.24) is 14.6 Å². The van der Waals surface area contributed by atoms with E-state index in [1.54, 1.807) is 18.4 Å². The van der Waals surface area contributed by atoms with E-state index in [9.17, 15) is 19.4 Å². The Bertz CT molecular complexity index is 1490. The number of ether oxygens (including phenoxy) is 2. The molecule has 1 saturated heterocycles. The molecular weight excluding hydrogens is 545 g/mol. The largest absolute Gasteiger partial charge is 0.495 e. The van der Waals surface area contributed by atoms with Crippen LogP contribution in [0, 0.1) is 6.92 Å². The van der Waals surface area contributed by atoms with Gasteiger partial charge in [0.2, 0.25) is 0 Å². The van der Waals surface area contributed by atoms with Gasteiger partial charge in [-0.05, 0) is 68.8 Å². The summed E-state index contributed by atoms with van der Waals surface area (Å²) in [6.07, 6.45) is 5.41. The molecule has 5 rings (SSSR count). The van der Waals surface area contributed by atoms with Crippen molar-refractivity contribution in [1.29, 1.82) is 0 Å². The summed E-state index contributed by atoms with van der Waals surface area (Å²) in [5.74, 6) is 0.637. The van der Waals surface area contributed by atoms with Gasteiger partial charge in [0.05, 0.1) is 37.1 Å². The molecule has 0 atom stereocenters. The number of benzene rings is 2. The Hall–Kier alpha value is -3.94. The number of hydrogen-bond acceptors (Lipinski definition) is 7. The third-order valence-corrected chi connectivity index (χ3v) is 6.50. The van der Waals surface area contributed by atoms with Crippen LogP contribution in [0.4, 0.5) is 25.1 Å². The zero-order valence-corrected chi connectivity index (χ0v) is 22.3. The molecule has 2 aliphatic rings. The average Bonchev–Trinajstić information content (AvgIpc) is 3.37. The molecule has 1 aromatic heterocycles. The number of morpholine rings is 1. The van der Waals surface area contributed by atoms with E-state index in [1.807, 2.05) is 60.8 Å². The summed E-state index contributed by atoms with van der Waals surface area (Å²) in [6.45, 7) is 6.25. The van der Waals surface area contributed by atoms with Crippen LogP contribution in [0.25, 0.3) is 11.8 Å². The van der Waals surface area contributed by atoms with Crippen molar-refractivity contribution in [2.45, 2.75) is 26.4 Å². The Balaban J connectivity index is 1.43. The second-order valence-corrected chi connectivity index (χ2v) is 11.5. The van der Waals surface area contributed by atoms with Gasteiger partial charge in [-0.15, -0.1) is 0 Å². The number of aromatic nitrogens is 2. The lowest BCUT2D eigenvalue weighted by atomic mass is 10.1.